The molecule has 1 atom stereocenters. The van der Waals surface area contributed by atoms with Gasteiger partial charge in [-0.1, -0.05) is 6.92 Å². The summed E-state index contributed by atoms with van der Waals surface area (Å²) in [6, 6.07) is 6.69. The predicted molar refractivity (Wildman–Crippen MR) is 62.0 cm³/mol. The first-order chi connectivity index (χ1) is 7.17. The highest BCUT2D eigenvalue weighted by molar-refractivity contribution is 9.10. The van der Waals surface area contributed by atoms with Crippen molar-refractivity contribution in [2.24, 2.45) is 0 Å². The number of hydrogen-bond donors (Lipinski definition) is 1. The van der Waals surface area contributed by atoms with Gasteiger partial charge >= 0.3 is 0 Å². The molecule has 0 bridgehead atoms. The molecule has 1 aromatic carbocycles. The average molecular weight is 271 g/mol. The van der Waals surface area contributed by atoms with Gasteiger partial charge in [0.05, 0.1) is 12.5 Å². The van der Waals surface area contributed by atoms with Crippen molar-refractivity contribution in [3.8, 4) is 6.07 Å². The zero-order chi connectivity index (χ0) is 11.3. The zero-order valence-electron chi connectivity index (χ0n) is 8.43. The second-order valence-electron chi connectivity index (χ2n) is 3.24. The Hall–Kier alpha value is -1.08. The summed E-state index contributed by atoms with van der Waals surface area (Å²) >= 11 is 3.27. The van der Waals surface area contributed by atoms with Crippen LogP contribution in [0.5, 0.6) is 0 Å². The second kappa shape index (κ2) is 5.72. The highest BCUT2D eigenvalue weighted by Crippen LogP contribution is 2.24. The smallest absolute Gasteiger partial charge is 0.124 e. The Balaban J connectivity index is 2.75. The van der Waals surface area contributed by atoms with Crippen LogP contribution in [-0.2, 0) is 0 Å². The summed E-state index contributed by atoms with van der Waals surface area (Å²) < 4.78 is 13.5. The van der Waals surface area contributed by atoms with Crippen LogP contribution < -0.4 is 5.32 Å². The molecule has 0 aliphatic carbocycles. The largest absolute Gasteiger partial charge is 0.380 e. The molecular formula is C11H12BrFN2. The van der Waals surface area contributed by atoms with Gasteiger partial charge in [-0.3, -0.25) is 0 Å². The standard InChI is InChI=1S/C11H12BrFN2/c1-2-9(5-6-14)15-11-4-3-8(13)7-10(11)12/h3-4,7,9,15H,2,5H2,1H3. The molecule has 2 nitrogen and oxygen atoms in total. The van der Waals surface area contributed by atoms with Crippen LogP contribution in [0, 0.1) is 17.1 Å². The lowest BCUT2D eigenvalue weighted by Crippen LogP contribution is -2.17. The number of rotatable bonds is 4. The third-order valence-electron chi connectivity index (χ3n) is 2.12. The van der Waals surface area contributed by atoms with E-state index in [-0.39, 0.29) is 11.9 Å². The maximum Gasteiger partial charge on any atom is 0.124 e. The van der Waals surface area contributed by atoms with Crippen LogP contribution in [0.3, 0.4) is 0 Å². The van der Waals surface area contributed by atoms with E-state index < -0.39 is 0 Å². The topological polar surface area (TPSA) is 35.8 Å². The molecule has 0 aliphatic heterocycles. The van der Waals surface area contributed by atoms with Gasteiger partial charge in [-0.05, 0) is 40.5 Å². The lowest BCUT2D eigenvalue weighted by atomic mass is 10.1. The third-order valence-corrected chi connectivity index (χ3v) is 2.78. The molecule has 0 radical (unpaired) electrons. The summed E-state index contributed by atoms with van der Waals surface area (Å²) in [7, 11) is 0. The average Bonchev–Trinajstić information content (AvgIpc) is 2.21. The van der Waals surface area contributed by atoms with E-state index in [2.05, 4.69) is 27.3 Å². The van der Waals surface area contributed by atoms with Gasteiger partial charge < -0.3 is 5.32 Å². The van der Waals surface area contributed by atoms with Crippen LogP contribution in [0.2, 0.25) is 0 Å². The van der Waals surface area contributed by atoms with E-state index in [1.54, 1.807) is 6.07 Å². The molecule has 1 unspecified atom stereocenters. The quantitative estimate of drug-likeness (QED) is 0.906. The van der Waals surface area contributed by atoms with E-state index in [0.717, 1.165) is 12.1 Å². The fourth-order valence-corrected chi connectivity index (χ4v) is 1.70. The van der Waals surface area contributed by atoms with Crippen molar-refractivity contribution in [2.45, 2.75) is 25.8 Å². The number of hydrogen-bond acceptors (Lipinski definition) is 2. The van der Waals surface area contributed by atoms with E-state index in [1.807, 2.05) is 6.92 Å². The van der Waals surface area contributed by atoms with Gasteiger partial charge in [-0.2, -0.15) is 5.26 Å². The van der Waals surface area contributed by atoms with Gasteiger partial charge in [0.25, 0.3) is 0 Å². The molecule has 1 rings (SSSR count). The summed E-state index contributed by atoms with van der Waals surface area (Å²) in [5.41, 5.74) is 0.818. The van der Waals surface area contributed by atoms with Crippen LogP contribution in [0.1, 0.15) is 19.8 Å². The second-order valence-corrected chi connectivity index (χ2v) is 4.09. The molecule has 0 aliphatic rings. The molecule has 0 fully saturated rings. The molecule has 1 N–H and O–H groups in total. The minimum atomic E-state index is -0.277. The minimum Gasteiger partial charge on any atom is -0.380 e. The first kappa shape index (κ1) is 12.0. The van der Waals surface area contributed by atoms with Crippen LogP contribution >= 0.6 is 15.9 Å². The van der Waals surface area contributed by atoms with Crippen molar-refractivity contribution in [1.29, 1.82) is 5.26 Å². The van der Waals surface area contributed by atoms with Crippen LogP contribution in [0.15, 0.2) is 22.7 Å². The van der Waals surface area contributed by atoms with E-state index in [4.69, 9.17) is 5.26 Å². The number of nitrogens with one attached hydrogen (secondary N) is 1. The molecule has 80 valence electrons. The van der Waals surface area contributed by atoms with E-state index in [9.17, 15) is 4.39 Å². The van der Waals surface area contributed by atoms with Gasteiger partial charge in [0.2, 0.25) is 0 Å². The van der Waals surface area contributed by atoms with Crippen molar-refractivity contribution in [3.05, 3.63) is 28.5 Å². The SMILES string of the molecule is CCC(CC#N)Nc1ccc(F)cc1Br. The molecule has 0 spiro atoms. The minimum absolute atomic E-state index is 0.108. The van der Waals surface area contributed by atoms with E-state index in [0.29, 0.717) is 10.9 Å². The summed E-state index contributed by atoms with van der Waals surface area (Å²) in [5, 5.41) is 11.8. The van der Waals surface area contributed by atoms with Crippen molar-refractivity contribution in [2.75, 3.05) is 5.32 Å². The highest BCUT2D eigenvalue weighted by Gasteiger charge is 2.07. The fraction of sp³-hybridized carbons (Fsp3) is 0.364. The van der Waals surface area contributed by atoms with Crippen molar-refractivity contribution in [1.82, 2.24) is 0 Å². The van der Waals surface area contributed by atoms with Gasteiger partial charge in [0.15, 0.2) is 0 Å². The molecule has 0 saturated carbocycles. The van der Waals surface area contributed by atoms with Crippen LogP contribution in [0.25, 0.3) is 0 Å². The number of anilines is 1. The Morgan fingerprint density at radius 1 is 1.60 bits per heavy atom. The molecule has 0 heterocycles. The third kappa shape index (κ3) is 3.52. The Labute approximate surface area is 97.2 Å². The first-order valence-electron chi connectivity index (χ1n) is 4.76. The molecule has 15 heavy (non-hydrogen) atoms. The number of halogens is 2. The zero-order valence-corrected chi connectivity index (χ0v) is 10.0. The van der Waals surface area contributed by atoms with Crippen LogP contribution in [-0.4, -0.2) is 6.04 Å². The monoisotopic (exact) mass is 270 g/mol. The molecule has 1 aromatic rings. The van der Waals surface area contributed by atoms with Gasteiger partial charge in [0, 0.05) is 16.2 Å². The van der Waals surface area contributed by atoms with Gasteiger partial charge in [0.1, 0.15) is 5.82 Å². The predicted octanol–water partition coefficient (Wildman–Crippen LogP) is 3.69. The molecule has 0 amide bonds. The maximum atomic E-state index is 12.8. The van der Waals surface area contributed by atoms with Crippen LogP contribution in [0.4, 0.5) is 10.1 Å². The molecule has 0 aromatic heterocycles. The van der Waals surface area contributed by atoms with Gasteiger partial charge in [-0.25, -0.2) is 4.39 Å². The van der Waals surface area contributed by atoms with Crippen molar-refractivity contribution in [3.63, 3.8) is 0 Å². The summed E-state index contributed by atoms with van der Waals surface area (Å²) in [5.74, 6) is -0.277. The lowest BCUT2D eigenvalue weighted by molar-refractivity contribution is 0.626. The van der Waals surface area contributed by atoms with Gasteiger partial charge in [-0.15, -0.1) is 0 Å². The Bertz CT molecular complexity index is 373. The highest BCUT2D eigenvalue weighted by atomic mass is 79.9. The summed E-state index contributed by atoms with van der Waals surface area (Å²) in [6.45, 7) is 2.01. The molecular weight excluding hydrogens is 259 g/mol. The number of nitriles is 1. The fourth-order valence-electron chi connectivity index (χ4n) is 1.23. The molecule has 0 saturated heterocycles. The summed E-state index contributed by atoms with van der Waals surface area (Å²) in [4.78, 5) is 0. The van der Waals surface area contributed by atoms with Crippen molar-refractivity contribution < 1.29 is 4.39 Å². The molecule has 4 heteroatoms. The lowest BCUT2D eigenvalue weighted by Gasteiger charge is -2.16. The maximum absolute atomic E-state index is 12.8. The number of benzene rings is 1. The normalized spacial score (nSPS) is 11.9. The van der Waals surface area contributed by atoms with E-state index >= 15 is 0 Å². The Morgan fingerprint density at radius 3 is 2.87 bits per heavy atom. The Kier molecular flexibility index (Phi) is 4.57. The number of nitrogens with zero attached hydrogens (tertiary/aromatic N) is 1. The van der Waals surface area contributed by atoms with Crippen molar-refractivity contribution >= 4 is 21.6 Å². The summed E-state index contributed by atoms with van der Waals surface area (Å²) in [6.07, 6.45) is 1.30. The Morgan fingerprint density at radius 2 is 2.33 bits per heavy atom. The van der Waals surface area contributed by atoms with E-state index in [1.165, 1.54) is 12.1 Å². The first-order valence-corrected chi connectivity index (χ1v) is 5.55.